The summed E-state index contributed by atoms with van der Waals surface area (Å²) in [6, 6.07) is 3.50. The van der Waals surface area contributed by atoms with Gasteiger partial charge < -0.3 is 25.5 Å². The van der Waals surface area contributed by atoms with Crippen LogP contribution in [0.25, 0.3) is 5.70 Å². The first-order chi connectivity index (χ1) is 14.6. The molecular formula is C20H30F3N5O3. The smallest absolute Gasteiger partial charge is 0.407 e. The fourth-order valence-electron chi connectivity index (χ4n) is 3.21. The average molecular weight is 445 g/mol. The van der Waals surface area contributed by atoms with E-state index < -0.39 is 25.3 Å². The Hall–Kier alpha value is -2.69. The van der Waals surface area contributed by atoms with Crippen LogP contribution >= 0.6 is 0 Å². The van der Waals surface area contributed by atoms with E-state index in [0.717, 1.165) is 25.7 Å². The molecule has 1 aliphatic carbocycles. The molecule has 0 aliphatic heterocycles. The van der Waals surface area contributed by atoms with E-state index in [-0.39, 0.29) is 18.3 Å². The van der Waals surface area contributed by atoms with E-state index in [9.17, 15) is 18.0 Å². The van der Waals surface area contributed by atoms with Gasteiger partial charge in [0.15, 0.2) is 0 Å². The number of ether oxygens (including phenoxy) is 2. The lowest BCUT2D eigenvalue weighted by Gasteiger charge is -2.24. The Balaban J connectivity index is 2.02. The zero-order chi connectivity index (χ0) is 23.0. The number of alkyl halides is 3. The molecule has 1 aromatic rings. The van der Waals surface area contributed by atoms with Gasteiger partial charge in [-0.3, -0.25) is 0 Å². The third-order valence-corrected chi connectivity index (χ3v) is 4.91. The second-order valence-corrected chi connectivity index (χ2v) is 7.48. The number of aromatic nitrogens is 1. The zero-order valence-corrected chi connectivity index (χ0v) is 17.8. The van der Waals surface area contributed by atoms with Crippen LogP contribution in [0.3, 0.4) is 0 Å². The van der Waals surface area contributed by atoms with E-state index in [1.54, 1.807) is 12.1 Å². The highest BCUT2D eigenvalue weighted by atomic mass is 19.4. The number of hydrogen-bond donors (Lipinski definition) is 3. The van der Waals surface area contributed by atoms with Crippen molar-refractivity contribution in [3.63, 3.8) is 0 Å². The van der Waals surface area contributed by atoms with E-state index in [0.29, 0.717) is 22.8 Å². The van der Waals surface area contributed by atoms with Crippen LogP contribution in [-0.4, -0.2) is 48.6 Å². The second-order valence-electron chi connectivity index (χ2n) is 7.48. The molecule has 0 aromatic carbocycles. The van der Waals surface area contributed by atoms with Crippen molar-refractivity contribution in [2.24, 2.45) is 11.6 Å². The lowest BCUT2D eigenvalue weighted by atomic mass is 9.98. The van der Waals surface area contributed by atoms with Crippen LogP contribution in [0.15, 0.2) is 17.8 Å². The Morgan fingerprint density at radius 2 is 1.97 bits per heavy atom. The molecule has 0 atom stereocenters. The summed E-state index contributed by atoms with van der Waals surface area (Å²) in [6.07, 6.45) is -0.846. The molecule has 0 unspecified atom stereocenters. The maximum Gasteiger partial charge on any atom is 0.407 e. The van der Waals surface area contributed by atoms with Crippen LogP contribution in [-0.2, 0) is 4.74 Å². The van der Waals surface area contributed by atoms with Crippen molar-refractivity contribution in [2.45, 2.75) is 57.7 Å². The van der Waals surface area contributed by atoms with Gasteiger partial charge in [0.2, 0.25) is 0 Å². The van der Waals surface area contributed by atoms with Crippen LogP contribution in [0.5, 0.6) is 5.75 Å². The molecule has 1 aliphatic rings. The van der Waals surface area contributed by atoms with Gasteiger partial charge in [-0.2, -0.15) is 13.2 Å². The number of nitrogens with zero attached hydrogens (tertiary/aromatic N) is 2. The molecule has 11 heteroatoms. The number of hydrogen-bond acceptors (Lipinski definition) is 7. The minimum Gasteiger partial charge on any atom is -0.489 e. The highest BCUT2D eigenvalue weighted by Crippen LogP contribution is 2.26. The SMILES string of the molecule is Cc1nc(/C(N)=C(\CNC(=O)OCCC(F)(F)F)N(C)N)ccc1OC1CCCCC1. The summed E-state index contributed by atoms with van der Waals surface area (Å²) in [5, 5.41) is 3.54. The molecule has 31 heavy (non-hydrogen) atoms. The summed E-state index contributed by atoms with van der Waals surface area (Å²) in [7, 11) is 1.52. The lowest BCUT2D eigenvalue weighted by Crippen LogP contribution is -2.37. The molecule has 0 spiro atoms. The third-order valence-electron chi connectivity index (χ3n) is 4.91. The zero-order valence-electron chi connectivity index (χ0n) is 17.8. The maximum atomic E-state index is 12.1. The number of nitrogens with two attached hydrogens (primary N) is 2. The number of alkyl carbamates (subject to hydrolysis) is 1. The Kier molecular flexibility index (Phi) is 8.78. The Morgan fingerprint density at radius 1 is 1.29 bits per heavy atom. The van der Waals surface area contributed by atoms with Crippen molar-refractivity contribution < 1.29 is 27.4 Å². The van der Waals surface area contributed by atoms with Crippen molar-refractivity contribution in [2.75, 3.05) is 20.2 Å². The standard InChI is InChI=1S/C20H30F3N5O3/c1-13-17(31-14-6-4-3-5-7-14)9-8-15(27-13)18(24)16(28(2)25)12-26-19(29)30-11-10-20(21,22)23/h8-9,14H,3-7,10-12,24-25H2,1-2H3,(H,26,29)/b18-16-. The van der Waals surface area contributed by atoms with Crippen molar-refractivity contribution in [1.29, 1.82) is 0 Å². The van der Waals surface area contributed by atoms with Gasteiger partial charge in [-0.15, -0.1) is 0 Å². The van der Waals surface area contributed by atoms with Gasteiger partial charge in [-0.25, -0.2) is 15.6 Å². The molecule has 1 saturated carbocycles. The molecule has 5 N–H and O–H groups in total. The predicted octanol–water partition coefficient (Wildman–Crippen LogP) is 3.21. The van der Waals surface area contributed by atoms with Crippen molar-refractivity contribution in [1.82, 2.24) is 15.3 Å². The molecule has 0 saturated heterocycles. The summed E-state index contributed by atoms with van der Waals surface area (Å²) in [5.74, 6) is 6.50. The number of amides is 1. The van der Waals surface area contributed by atoms with Gasteiger partial charge >= 0.3 is 12.3 Å². The third kappa shape index (κ3) is 8.16. The van der Waals surface area contributed by atoms with Gasteiger partial charge in [-0.1, -0.05) is 6.42 Å². The fraction of sp³-hybridized carbons (Fsp3) is 0.600. The molecule has 1 amide bonds. The number of likely N-dealkylation sites (N-methyl/N-ethyl adjacent to an activating group) is 1. The average Bonchev–Trinajstić information content (AvgIpc) is 2.69. The quantitative estimate of drug-likeness (QED) is 0.416. The van der Waals surface area contributed by atoms with Gasteiger partial charge in [-0.05, 0) is 44.7 Å². The number of carbonyl (C=O) groups is 1. The van der Waals surface area contributed by atoms with Crippen molar-refractivity contribution in [3.8, 4) is 5.75 Å². The van der Waals surface area contributed by atoms with Crippen LogP contribution in [0.1, 0.15) is 49.9 Å². The largest absolute Gasteiger partial charge is 0.489 e. The minimum atomic E-state index is -4.40. The van der Waals surface area contributed by atoms with Crippen LogP contribution < -0.4 is 21.6 Å². The highest BCUT2D eigenvalue weighted by Gasteiger charge is 2.27. The lowest BCUT2D eigenvalue weighted by molar-refractivity contribution is -0.141. The van der Waals surface area contributed by atoms with E-state index in [1.165, 1.54) is 18.5 Å². The topological polar surface area (TPSA) is 116 Å². The summed E-state index contributed by atoms with van der Waals surface area (Å²) >= 11 is 0. The normalized spacial score (nSPS) is 15.8. The first kappa shape index (κ1) is 24.6. The monoisotopic (exact) mass is 445 g/mol. The molecular weight excluding hydrogens is 415 g/mol. The molecule has 8 nitrogen and oxygen atoms in total. The number of rotatable bonds is 8. The molecule has 1 fully saturated rings. The predicted molar refractivity (Wildman–Crippen MR) is 110 cm³/mol. The van der Waals surface area contributed by atoms with Crippen molar-refractivity contribution in [3.05, 3.63) is 29.2 Å². The number of carbonyl (C=O) groups excluding carboxylic acids is 1. The first-order valence-electron chi connectivity index (χ1n) is 10.2. The molecule has 1 heterocycles. The van der Waals surface area contributed by atoms with Gasteiger partial charge in [0.05, 0.1) is 41.9 Å². The summed E-state index contributed by atoms with van der Waals surface area (Å²) < 4.78 is 47.0. The Morgan fingerprint density at radius 3 is 2.55 bits per heavy atom. The molecule has 0 bridgehead atoms. The van der Waals surface area contributed by atoms with E-state index >= 15 is 0 Å². The molecule has 174 valence electrons. The Labute approximate surface area is 179 Å². The van der Waals surface area contributed by atoms with E-state index in [1.807, 2.05) is 6.92 Å². The Bertz CT molecular complexity index is 778. The maximum absolute atomic E-state index is 12.1. The number of aryl methyl sites for hydroxylation is 1. The highest BCUT2D eigenvalue weighted by molar-refractivity contribution is 5.69. The molecule has 2 rings (SSSR count). The summed E-state index contributed by atoms with van der Waals surface area (Å²) in [4.78, 5) is 16.1. The van der Waals surface area contributed by atoms with Crippen LogP contribution in [0.2, 0.25) is 0 Å². The summed E-state index contributed by atoms with van der Waals surface area (Å²) in [5.41, 5.74) is 7.85. The van der Waals surface area contributed by atoms with E-state index in [4.69, 9.17) is 16.3 Å². The minimum absolute atomic E-state index is 0.148. The van der Waals surface area contributed by atoms with E-state index in [2.05, 4.69) is 15.0 Å². The molecule has 1 aromatic heterocycles. The van der Waals surface area contributed by atoms with Crippen molar-refractivity contribution >= 4 is 11.8 Å². The van der Waals surface area contributed by atoms with Gasteiger partial charge in [0.25, 0.3) is 0 Å². The van der Waals surface area contributed by atoms with Crippen LogP contribution in [0, 0.1) is 6.92 Å². The van der Waals surface area contributed by atoms with Gasteiger partial charge in [0, 0.05) is 7.05 Å². The van der Waals surface area contributed by atoms with Crippen LogP contribution in [0.4, 0.5) is 18.0 Å². The summed E-state index contributed by atoms with van der Waals surface area (Å²) in [6.45, 7) is 0.896. The van der Waals surface area contributed by atoms with Gasteiger partial charge in [0.1, 0.15) is 12.4 Å². The fourth-order valence-corrected chi connectivity index (χ4v) is 3.21. The molecule has 0 radical (unpaired) electrons. The first-order valence-corrected chi connectivity index (χ1v) is 10.2. The number of halogens is 3. The number of hydrazine groups is 1. The second kappa shape index (κ2) is 11.1. The number of nitrogens with one attached hydrogen (secondary N) is 1. The number of pyridine rings is 1.